The van der Waals surface area contributed by atoms with Crippen LogP contribution < -0.4 is 10.1 Å². The van der Waals surface area contributed by atoms with Crippen LogP contribution in [0.25, 0.3) is 11.0 Å². The molecule has 2 aromatic rings. The van der Waals surface area contributed by atoms with Crippen molar-refractivity contribution in [2.24, 2.45) is 0 Å². The summed E-state index contributed by atoms with van der Waals surface area (Å²) < 4.78 is 15.7. The highest BCUT2D eigenvalue weighted by atomic mass is 16.6. The normalized spacial score (nSPS) is 18.3. The van der Waals surface area contributed by atoms with Gasteiger partial charge < -0.3 is 24.5 Å². The molecule has 0 aliphatic carbocycles. The molecule has 1 unspecified atom stereocenters. The first-order valence-electron chi connectivity index (χ1n) is 7.26. The van der Waals surface area contributed by atoms with Gasteiger partial charge in [-0.1, -0.05) is 0 Å². The van der Waals surface area contributed by atoms with Gasteiger partial charge in [-0.3, -0.25) is 4.79 Å². The molecule has 0 saturated carbocycles. The Kier molecular flexibility index (Phi) is 4.55. The van der Waals surface area contributed by atoms with Crippen LogP contribution in [0.4, 0.5) is 0 Å². The summed E-state index contributed by atoms with van der Waals surface area (Å²) in [7, 11) is 1.63. The second-order valence-electron chi connectivity index (χ2n) is 5.04. The molecule has 2 N–H and O–H groups in total. The predicted octanol–water partition coefficient (Wildman–Crippen LogP) is 0.646. The summed E-state index contributed by atoms with van der Waals surface area (Å²) in [6, 6.07) is 5.67. The molecule has 1 fully saturated rings. The minimum Gasteiger partial charge on any atom is -0.497 e. The van der Waals surface area contributed by atoms with Gasteiger partial charge in [0.1, 0.15) is 11.6 Å². The van der Waals surface area contributed by atoms with Gasteiger partial charge >= 0.3 is 0 Å². The highest BCUT2D eigenvalue weighted by molar-refractivity contribution is 5.81. The number of fused-ring (bicyclic) bond motifs is 1. The number of carbonyl (C=O) groups excluding carboxylic acids is 1. The first-order chi connectivity index (χ1) is 10.8. The molecule has 0 radical (unpaired) electrons. The van der Waals surface area contributed by atoms with Gasteiger partial charge in [-0.05, 0) is 12.1 Å². The van der Waals surface area contributed by atoms with Crippen molar-refractivity contribution in [1.29, 1.82) is 0 Å². The van der Waals surface area contributed by atoms with E-state index in [1.54, 1.807) is 7.11 Å². The van der Waals surface area contributed by atoms with E-state index in [1.807, 2.05) is 18.2 Å². The monoisotopic (exact) mass is 305 g/mol. The minimum atomic E-state index is -0.506. The second-order valence-corrected chi connectivity index (χ2v) is 5.04. The van der Waals surface area contributed by atoms with Crippen LogP contribution in [0.15, 0.2) is 18.2 Å². The molecule has 1 aromatic carbocycles. The Balaban J connectivity index is 1.53. The number of hydrogen-bond acceptors (Lipinski definition) is 5. The van der Waals surface area contributed by atoms with E-state index in [0.29, 0.717) is 32.8 Å². The smallest absolute Gasteiger partial charge is 0.251 e. The number of rotatable bonds is 5. The van der Waals surface area contributed by atoms with Crippen molar-refractivity contribution >= 4 is 16.9 Å². The van der Waals surface area contributed by atoms with Gasteiger partial charge in [0, 0.05) is 19.0 Å². The molecule has 2 heterocycles. The highest BCUT2D eigenvalue weighted by Gasteiger charge is 2.22. The lowest BCUT2D eigenvalue weighted by molar-refractivity contribution is -0.147. The number of aromatic nitrogens is 2. The van der Waals surface area contributed by atoms with Crippen LogP contribution in [0, 0.1) is 0 Å². The summed E-state index contributed by atoms with van der Waals surface area (Å²) >= 11 is 0. The molecular formula is C15H19N3O4. The van der Waals surface area contributed by atoms with E-state index in [-0.39, 0.29) is 5.91 Å². The van der Waals surface area contributed by atoms with Crippen LogP contribution in [0.2, 0.25) is 0 Å². The first-order valence-corrected chi connectivity index (χ1v) is 7.26. The van der Waals surface area contributed by atoms with E-state index in [0.717, 1.165) is 22.6 Å². The van der Waals surface area contributed by atoms with Gasteiger partial charge in [-0.2, -0.15) is 0 Å². The van der Waals surface area contributed by atoms with E-state index in [4.69, 9.17) is 14.2 Å². The van der Waals surface area contributed by atoms with E-state index < -0.39 is 6.10 Å². The molecule has 0 spiro atoms. The maximum Gasteiger partial charge on any atom is 0.251 e. The van der Waals surface area contributed by atoms with Crippen LogP contribution in [0.1, 0.15) is 5.82 Å². The van der Waals surface area contributed by atoms with Crippen LogP contribution in [0.3, 0.4) is 0 Å². The molecule has 1 aliphatic heterocycles. The Labute approximate surface area is 128 Å². The maximum atomic E-state index is 11.9. The van der Waals surface area contributed by atoms with E-state index in [9.17, 15) is 4.79 Å². The minimum absolute atomic E-state index is 0.141. The molecule has 118 valence electrons. The molecule has 1 aliphatic rings. The number of carbonyl (C=O) groups is 1. The number of hydrogen-bond donors (Lipinski definition) is 2. The number of nitrogens with one attached hydrogen (secondary N) is 2. The van der Waals surface area contributed by atoms with Gasteiger partial charge in [0.15, 0.2) is 6.10 Å². The van der Waals surface area contributed by atoms with Crippen LogP contribution in [-0.2, 0) is 20.7 Å². The molecule has 1 saturated heterocycles. The van der Waals surface area contributed by atoms with Crippen molar-refractivity contribution in [2.45, 2.75) is 12.5 Å². The fourth-order valence-electron chi connectivity index (χ4n) is 2.34. The van der Waals surface area contributed by atoms with Crippen molar-refractivity contribution in [3.05, 3.63) is 24.0 Å². The standard InChI is InChI=1S/C15H19N3O4/c1-20-10-2-3-11-12(8-10)18-14(17-11)4-5-16-15(19)13-9-21-6-7-22-13/h2-3,8,13H,4-7,9H2,1H3,(H,16,19)(H,17,18). The summed E-state index contributed by atoms with van der Waals surface area (Å²) in [5.74, 6) is 1.47. The third kappa shape index (κ3) is 3.37. The molecule has 1 amide bonds. The highest BCUT2D eigenvalue weighted by Crippen LogP contribution is 2.18. The number of amides is 1. The summed E-state index contributed by atoms with van der Waals surface area (Å²) in [4.78, 5) is 19.6. The zero-order valence-electron chi connectivity index (χ0n) is 12.4. The number of nitrogens with zero attached hydrogens (tertiary/aromatic N) is 1. The summed E-state index contributed by atoms with van der Waals surface area (Å²) in [6.45, 7) is 1.82. The van der Waals surface area contributed by atoms with Gasteiger partial charge in [-0.25, -0.2) is 4.98 Å². The Hall–Kier alpha value is -2.12. The quantitative estimate of drug-likeness (QED) is 0.847. The van der Waals surface area contributed by atoms with Crippen molar-refractivity contribution in [1.82, 2.24) is 15.3 Å². The molecule has 7 nitrogen and oxygen atoms in total. The third-order valence-corrected chi connectivity index (χ3v) is 3.51. The lowest BCUT2D eigenvalue weighted by atomic mass is 10.3. The second kappa shape index (κ2) is 6.76. The molecular weight excluding hydrogens is 286 g/mol. The average Bonchev–Trinajstić information content (AvgIpc) is 2.97. The number of H-pyrrole nitrogens is 1. The van der Waals surface area contributed by atoms with Gasteiger partial charge in [0.2, 0.25) is 0 Å². The fraction of sp³-hybridized carbons (Fsp3) is 0.467. The van der Waals surface area contributed by atoms with Crippen molar-refractivity contribution in [3.8, 4) is 5.75 Å². The molecule has 3 rings (SSSR count). The number of ether oxygens (including phenoxy) is 3. The number of aromatic amines is 1. The lowest BCUT2D eigenvalue weighted by Crippen LogP contribution is -2.43. The molecule has 1 aromatic heterocycles. The topological polar surface area (TPSA) is 85.5 Å². The van der Waals surface area contributed by atoms with E-state index in [1.165, 1.54) is 0 Å². The predicted molar refractivity (Wildman–Crippen MR) is 79.9 cm³/mol. The first kappa shape index (κ1) is 14.8. The summed E-state index contributed by atoms with van der Waals surface area (Å²) in [6.07, 6.45) is 0.115. The molecule has 7 heteroatoms. The van der Waals surface area contributed by atoms with Gasteiger partial charge in [0.05, 0.1) is 38.0 Å². The number of methoxy groups -OCH3 is 1. The Morgan fingerprint density at radius 1 is 1.50 bits per heavy atom. The zero-order chi connectivity index (χ0) is 15.4. The number of benzene rings is 1. The van der Waals surface area contributed by atoms with E-state index >= 15 is 0 Å². The molecule has 22 heavy (non-hydrogen) atoms. The Morgan fingerprint density at radius 3 is 3.18 bits per heavy atom. The average molecular weight is 305 g/mol. The lowest BCUT2D eigenvalue weighted by Gasteiger charge is -2.21. The molecule has 1 atom stereocenters. The van der Waals surface area contributed by atoms with Crippen molar-refractivity contribution in [3.63, 3.8) is 0 Å². The molecule has 0 bridgehead atoms. The van der Waals surface area contributed by atoms with Gasteiger partial charge in [0.25, 0.3) is 5.91 Å². The Bertz CT molecular complexity index is 649. The largest absolute Gasteiger partial charge is 0.497 e. The van der Waals surface area contributed by atoms with Crippen LogP contribution >= 0.6 is 0 Å². The zero-order valence-corrected chi connectivity index (χ0v) is 12.4. The van der Waals surface area contributed by atoms with Gasteiger partial charge in [-0.15, -0.1) is 0 Å². The van der Waals surface area contributed by atoms with E-state index in [2.05, 4.69) is 15.3 Å². The fourth-order valence-corrected chi connectivity index (χ4v) is 2.34. The Morgan fingerprint density at radius 2 is 2.41 bits per heavy atom. The SMILES string of the molecule is COc1ccc2nc(CCNC(=O)C3COCCO3)[nH]c2c1. The summed E-state index contributed by atoms with van der Waals surface area (Å²) in [5, 5.41) is 2.84. The van der Waals surface area contributed by atoms with Crippen molar-refractivity contribution in [2.75, 3.05) is 33.5 Å². The number of imidazole rings is 1. The van der Waals surface area contributed by atoms with Crippen LogP contribution in [0.5, 0.6) is 5.75 Å². The van der Waals surface area contributed by atoms with Crippen molar-refractivity contribution < 1.29 is 19.0 Å². The van der Waals surface area contributed by atoms with Crippen LogP contribution in [-0.4, -0.2) is 55.5 Å². The third-order valence-electron chi connectivity index (χ3n) is 3.51. The maximum absolute atomic E-state index is 11.9. The summed E-state index contributed by atoms with van der Waals surface area (Å²) in [5.41, 5.74) is 1.80.